The van der Waals surface area contributed by atoms with Crippen LogP contribution in [-0.4, -0.2) is 19.5 Å². The number of amides is 1. The van der Waals surface area contributed by atoms with Gasteiger partial charge in [0.25, 0.3) is 0 Å². The third-order valence-corrected chi connectivity index (χ3v) is 2.29. The Morgan fingerprint density at radius 1 is 1.58 bits per heavy atom. The highest BCUT2D eigenvalue weighted by Gasteiger charge is 2.17. The summed E-state index contributed by atoms with van der Waals surface area (Å²) < 4.78 is 0. The standard InChI is InChI=1S/C9H20N2O/c1-4-7(2)5-8(6-10)9(12)11-3/h7-8H,4-6,10H2,1-3H3,(H,11,12). The molecule has 0 radical (unpaired) electrons. The maximum absolute atomic E-state index is 11.2. The molecule has 0 spiro atoms. The van der Waals surface area contributed by atoms with Crippen LogP contribution in [0, 0.1) is 11.8 Å². The fraction of sp³-hybridized carbons (Fsp3) is 0.889. The Kier molecular flexibility index (Phi) is 5.72. The maximum Gasteiger partial charge on any atom is 0.224 e. The fourth-order valence-corrected chi connectivity index (χ4v) is 1.17. The summed E-state index contributed by atoms with van der Waals surface area (Å²) >= 11 is 0. The number of hydrogen-bond acceptors (Lipinski definition) is 2. The smallest absolute Gasteiger partial charge is 0.224 e. The number of carbonyl (C=O) groups is 1. The lowest BCUT2D eigenvalue weighted by atomic mass is 9.93. The Hall–Kier alpha value is -0.570. The molecule has 0 heterocycles. The molecule has 0 rings (SSSR count). The van der Waals surface area contributed by atoms with E-state index in [-0.39, 0.29) is 11.8 Å². The van der Waals surface area contributed by atoms with Crippen LogP contribution in [0.4, 0.5) is 0 Å². The molecule has 3 nitrogen and oxygen atoms in total. The molecular weight excluding hydrogens is 152 g/mol. The van der Waals surface area contributed by atoms with E-state index in [1.807, 2.05) is 0 Å². The van der Waals surface area contributed by atoms with Gasteiger partial charge < -0.3 is 11.1 Å². The Morgan fingerprint density at radius 2 is 2.17 bits per heavy atom. The molecule has 0 aromatic heterocycles. The van der Waals surface area contributed by atoms with Crippen molar-refractivity contribution in [3.05, 3.63) is 0 Å². The van der Waals surface area contributed by atoms with E-state index >= 15 is 0 Å². The van der Waals surface area contributed by atoms with E-state index in [1.165, 1.54) is 0 Å². The average molecular weight is 172 g/mol. The van der Waals surface area contributed by atoms with Gasteiger partial charge in [0.2, 0.25) is 5.91 Å². The summed E-state index contributed by atoms with van der Waals surface area (Å²) in [7, 11) is 1.65. The van der Waals surface area contributed by atoms with Crippen molar-refractivity contribution in [3.63, 3.8) is 0 Å². The maximum atomic E-state index is 11.2. The van der Waals surface area contributed by atoms with E-state index < -0.39 is 0 Å². The normalized spacial score (nSPS) is 15.3. The van der Waals surface area contributed by atoms with Gasteiger partial charge in [-0.3, -0.25) is 4.79 Å². The highest BCUT2D eigenvalue weighted by molar-refractivity contribution is 5.78. The summed E-state index contributed by atoms with van der Waals surface area (Å²) in [6, 6.07) is 0. The van der Waals surface area contributed by atoms with E-state index in [2.05, 4.69) is 19.2 Å². The second kappa shape index (κ2) is 6.00. The van der Waals surface area contributed by atoms with Crippen LogP contribution in [0.5, 0.6) is 0 Å². The highest BCUT2D eigenvalue weighted by atomic mass is 16.1. The van der Waals surface area contributed by atoms with Crippen LogP contribution < -0.4 is 11.1 Å². The first-order valence-corrected chi connectivity index (χ1v) is 4.57. The summed E-state index contributed by atoms with van der Waals surface area (Å²) in [4.78, 5) is 11.2. The molecule has 0 aromatic rings. The summed E-state index contributed by atoms with van der Waals surface area (Å²) in [5, 5.41) is 2.63. The van der Waals surface area contributed by atoms with Crippen molar-refractivity contribution in [1.29, 1.82) is 0 Å². The molecule has 72 valence electrons. The lowest BCUT2D eigenvalue weighted by molar-refractivity contribution is -0.124. The molecule has 3 N–H and O–H groups in total. The van der Waals surface area contributed by atoms with Crippen molar-refractivity contribution in [2.24, 2.45) is 17.6 Å². The fourth-order valence-electron chi connectivity index (χ4n) is 1.17. The Balaban J connectivity index is 3.90. The van der Waals surface area contributed by atoms with Gasteiger partial charge in [0.15, 0.2) is 0 Å². The molecule has 2 atom stereocenters. The van der Waals surface area contributed by atoms with Gasteiger partial charge >= 0.3 is 0 Å². The summed E-state index contributed by atoms with van der Waals surface area (Å²) in [5.74, 6) is 0.638. The zero-order chi connectivity index (χ0) is 9.56. The largest absolute Gasteiger partial charge is 0.359 e. The lowest BCUT2D eigenvalue weighted by Gasteiger charge is -2.16. The minimum absolute atomic E-state index is 0.00931. The van der Waals surface area contributed by atoms with E-state index in [0.29, 0.717) is 12.5 Å². The number of rotatable bonds is 5. The van der Waals surface area contributed by atoms with Crippen LogP contribution >= 0.6 is 0 Å². The SMILES string of the molecule is CCC(C)CC(CN)C(=O)NC. The van der Waals surface area contributed by atoms with Crippen molar-refractivity contribution in [2.45, 2.75) is 26.7 Å². The predicted octanol–water partition coefficient (Wildman–Crippen LogP) is 0.744. The molecule has 0 aliphatic rings. The molecule has 0 fully saturated rings. The number of nitrogens with two attached hydrogens (primary N) is 1. The molecule has 12 heavy (non-hydrogen) atoms. The molecule has 1 amide bonds. The quantitative estimate of drug-likeness (QED) is 0.642. The molecule has 2 unspecified atom stereocenters. The molecule has 0 aromatic carbocycles. The van der Waals surface area contributed by atoms with Crippen molar-refractivity contribution in [3.8, 4) is 0 Å². The van der Waals surface area contributed by atoms with Gasteiger partial charge in [-0.25, -0.2) is 0 Å². The van der Waals surface area contributed by atoms with Crippen LogP contribution in [0.15, 0.2) is 0 Å². The van der Waals surface area contributed by atoms with Gasteiger partial charge in [-0.15, -0.1) is 0 Å². The number of carbonyl (C=O) groups excluding carboxylic acids is 1. The van der Waals surface area contributed by atoms with Crippen LogP contribution in [0.25, 0.3) is 0 Å². The van der Waals surface area contributed by atoms with Crippen molar-refractivity contribution in [2.75, 3.05) is 13.6 Å². The van der Waals surface area contributed by atoms with E-state index in [1.54, 1.807) is 7.05 Å². The zero-order valence-electron chi connectivity index (χ0n) is 8.26. The minimum atomic E-state index is -0.00931. The summed E-state index contributed by atoms with van der Waals surface area (Å²) in [5.41, 5.74) is 5.49. The van der Waals surface area contributed by atoms with Gasteiger partial charge in [-0.1, -0.05) is 20.3 Å². The monoisotopic (exact) mass is 172 g/mol. The molecule has 0 aliphatic carbocycles. The third kappa shape index (κ3) is 3.72. The molecule has 0 saturated heterocycles. The number of nitrogens with one attached hydrogen (secondary N) is 1. The van der Waals surface area contributed by atoms with Crippen LogP contribution in [0.3, 0.4) is 0 Å². The molecule has 0 bridgehead atoms. The third-order valence-electron chi connectivity index (χ3n) is 2.29. The molecule has 0 saturated carbocycles. The summed E-state index contributed by atoms with van der Waals surface area (Å²) in [6.07, 6.45) is 2.00. The average Bonchev–Trinajstić information content (AvgIpc) is 2.12. The van der Waals surface area contributed by atoms with Gasteiger partial charge in [0.05, 0.1) is 5.92 Å². The first kappa shape index (κ1) is 11.4. The lowest BCUT2D eigenvalue weighted by Crippen LogP contribution is -2.33. The molecule has 3 heteroatoms. The van der Waals surface area contributed by atoms with Gasteiger partial charge in [-0.2, -0.15) is 0 Å². The van der Waals surface area contributed by atoms with E-state index in [0.717, 1.165) is 12.8 Å². The second-order valence-corrected chi connectivity index (χ2v) is 3.30. The highest BCUT2D eigenvalue weighted by Crippen LogP contribution is 2.14. The van der Waals surface area contributed by atoms with E-state index in [4.69, 9.17) is 5.73 Å². The Morgan fingerprint density at radius 3 is 2.50 bits per heavy atom. The molecular formula is C9H20N2O. The first-order valence-electron chi connectivity index (χ1n) is 4.57. The van der Waals surface area contributed by atoms with Crippen LogP contribution in [-0.2, 0) is 4.79 Å². The van der Waals surface area contributed by atoms with Crippen molar-refractivity contribution in [1.82, 2.24) is 5.32 Å². The second-order valence-electron chi connectivity index (χ2n) is 3.30. The topological polar surface area (TPSA) is 55.1 Å². The minimum Gasteiger partial charge on any atom is -0.359 e. The van der Waals surface area contributed by atoms with Gasteiger partial charge in [0.1, 0.15) is 0 Å². The first-order chi connectivity index (χ1) is 5.65. The Labute approximate surface area is 74.7 Å². The van der Waals surface area contributed by atoms with Crippen molar-refractivity contribution < 1.29 is 4.79 Å². The zero-order valence-corrected chi connectivity index (χ0v) is 8.26. The van der Waals surface area contributed by atoms with Crippen molar-refractivity contribution >= 4 is 5.91 Å². The van der Waals surface area contributed by atoms with Crippen LogP contribution in [0.2, 0.25) is 0 Å². The van der Waals surface area contributed by atoms with Gasteiger partial charge in [0, 0.05) is 13.6 Å². The van der Waals surface area contributed by atoms with E-state index in [9.17, 15) is 4.79 Å². The Bertz CT molecular complexity index is 136. The summed E-state index contributed by atoms with van der Waals surface area (Å²) in [6.45, 7) is 4.72. The predicted molar refractivity (Wildman–Crippen MR) is 50.7 cm³/mol. The molecule has 0 aliphatic heterocycles. The van der Waals surface area contributed by atoms with Gasteiger partial charge in [-0.05, 0) is 12.3 Å². The van der Waals surface area contributed by atoms with Crippen LogP contribution in [0.1, 0.15) is 26.7 Å². The number of hydrogen-bond donors (Lipinski definition) is 2.